The van der Waals surface area contributed by atoms with E-state index in [0.717, 1.165) is 0 Å². The van der Waals surface area contributed by atoms with Crippen molar-refractivity contribution in [3.05, 3.63) is 39.9 Å². The highest BCUT2D eigenvalue weighted by molar-refractivity contribution is 9.10. The number of hydrogen-bond donors (Lipinski definition) is 1. The first-order valence-electron chi connectivity index (χ1n) is 4.61. The van der Waals surface area contributed by atoms with Crippen molar-refractivity contribution in [1.82, 2.24) is 15.0 Å². The van der Waals surface area contributed by atoms with E-state index in [-0.39, 0.29) is 10.2 Å². The van der Waals surface area contributed by atoms with Crippen LogP contribution in [0, 0.1) is 12.7 Å². The highest BCUT2D eigenvalue weighted by atomic mass is 79.9. The van der Waals surface area contributed by atoms with E-state index in [1.54, 1.807) is 6.92 Å². The monoisotopic (exact) mass is 299 g/mol. The minimum atomic E-state index is -1.14. The van der Waals surface area contributed by atoms with Crippen LogP contribution < -0.4 is 0 Å². The van der Waals surface area contributed by atoms with Gasteiger partial charge in [0.25, 0.3) is 0 Å². The van der Waals surface area contributed by atoms with Gasteiger partial charge in [0.05, 0.1) is 15.9 Å². The Kier molecular flexibility index (Phi) is 2.93. The zero-order chi connectivity index (χ0) is 12.6. The maximum atomic E-state index is 13.1. The number of carboxylic acid groups (broad SMARTS) is 1. The zero-order valence-electron chi connectivity index (χ0n) is 8.69. The second-order valence-corrected chi connectivity index (χ2v) is 4.19. The van der Waals surface area contributed by atoms with Gasteiger partial charge in [0.1, 0.15) is 5.82 Å². The zero-order valence-corrected chi connectivity index (χ0v) is 10.3. The minimum absolute atomic E-state index is 0.120. The summed E-state index contributed by atoms with van der Waals surface area (Å²) in [5, 5.41) is 16.1. The number of aromatic nitrogens is 3. The second kappa shape index (κ2) is 4.25. The summed E-state index contributed by atoms with van der Waals surface area (Å²) in [5.41, 5.74) is 0.803. The van der Waals surface area contributed by atoms with Gasteiger partial charge in [-0.15, -0.1) is 5.10 Å². The Hall–Kier alpha value is -1.76. The summed E-state index contributed by atoms with van der Waals surface area (Å²) in [6.45, 7) is 1.58. The number of nitrogens with zero attached hydrogens (tertiary/aromatic N) is 3. The quantitative estimate of drug-likeness (QED) is 0.923. The van der Waals surface area contributed by atoms with Crippen molar-refractivity contribution in [3.63, 3.8) is 0 Å². The largest absolute Gasteiger partial charge is 0.476 e. The van der Waals surface area contributed by atoms with Gasteiger partial charge in [-0.1, -0.05) is 5.21 Å². The molecule has 5 nitrogen and oxygen atoms in total. The van der Waals surface area contributed by atoms with E-state index in [9.17, 15) is 9.18 Å². The summed E-state index contributed by atoms with van der Waals surface area (Å²) >= 11 is 3.05. The summed E-state index contributed by atoms with van der Waals surface area (Å²) in [5.74, 6) is -1.54. The highest BCUT2D eigenvalue weighted by Gasteiger charge is 2.16. The van der Waals surface area contributed by atoms with Crippen LogP contribution >= 0.6 is 15.9 Å². The van der Waals surface area contributed by atoms with E-state index >= 15 is 0 Å². The molecule has 0 atom stereocenters. The molecular weight excluding hydrogens is 293 g/mol. The van der Waals surface area contributed by atoms with Crippen LogP contribution in [0.3, 0.4) is 0 Å². The van der Waals surface area contributed by atoms with Gasteiger partial charge in [0.15, 0.2) is 5.69 Å². The van der Waals surface area contributed by atoms with Gasteiger partial charge in [-0.2, -0.15) is 0 Å². The number of aromatic carboxylic acids is 1. The predicted molar refractivity (Wildman–Crippen MR) is 60.7 cm³/mol. The van der Waals surface area contributed by atoms with Crippen molar-refractivity contribution in [2.75, 3.05) is 0 Å². The van der Waals surface area contributed by atoms with Gasteiger partial charge < -0.3 is 5.11 Å². The Balaban J connectivity index is 2.53. The van der Waals surface area contributed by atoms with E-state index in [1.165, 1.54) is 22.9 Å². The summed E-state index contributed by atoms with van der Waals surface area (Å²) in [6.07, 6.45) is 0. The van der Waals surface area contributed by atoms with Crippen LogP contribution in [0.15, 0.2) is 22.7 Å². The van der Waals surface area contributed by atoms with Crippen molar-refractivity contribution in [2.45, 2.75) is 6.92 Å². The molecule has 0 bridgehead atoms. The molecule has 0 aliphatic heterocycles. The van der Waals surface area contributed by atoms with Gasteiger partial charge >= 0.3 is 5.97 Å². The van der Waals surface area contributed by atoms with E-state index in [0.29, 0.717) is 11.4 Å². The number of rotatable bonds is 2. The number of halogens is 2. The Morgan fingerprint density at radius 3 is 2.76 bits per heavy atom. The lowest BCUT2D eigenvalue weighted by molar-refractivity contribution is 0.0689. The number of carboxylic acids is 1. The molecule has 0 saturated carbocycles. The minimum Gasteiger partial charge on any atom is -0.476 e. The molecule has 1 heterocycles. The van der Waals surface area contributed by atoms with Crippen LogP contribution in [0.4, 0.5) is 4.39 Å². The van der Waals surface area contributed by atoms with Gasteiger partial charge in [0.2, 0.25) is 0 Å². The standard InChI is InChI=1S/C10H7BrFN3O2/c1-5-9(10(16)17)13-14-15(5)6-2-3-8(12)7(11)4-6/h2-4H,1H3,(H,16,17). The third kappa shape index (κ3) is 2.05. The summed E-state index contributed by atoms with van der Waals surface area (Å²) in [7, 11) is 0. The summed E-state index contributed by atoms with van der Waals surface area (Å²) in [6, 6.07) is 4.26. The predicted octanol–water partition coefficient (Wildman–Crippen LogP) is 2.18. The Bertz CT molecular complexity index is 597. The van der Waals surface area contributed by atoms with Crippen molar-refractivity contribution in [3.8, 4) is 5.69 Å². The molecule has 1 N–H and O–H groups in total. The fourth-order valence-corrected chi connectivity index (χ4v) is 1.76. The van der Waals surface area contributed by atoms with Crippen molar-refractivity contribution >= 4 is 21.9 Å². The normalized spacial score (nSPS) is 10.5. The molecule has 2 rings (SSSR count). The number of benzene rings is 1. The van der Waals surface area contributed by atoms with Crippen molar-refractivity contribution in [1.29, 1.82) is 0 Å². The van der Waals surface area contributed by atoms with Gasteiger partial charge in [-0.25, -0.2) is 13.9 Å². The topological polar surface area (TPSA) is 68.0 Å². The third-order valence-electron chi connectivity index (χ3n) is 2.24. The Morgan fingerprint density at radius 2 is 2.24 bits per heavy atom. The first kappa shape index (κ1) is 11.7. The maximum Gasteiger partial charge on any atom is 0.358 e. The molecule has 0 spiro atoms. The van der Waals surface area contributed by atoms with E-state index in [2.05, 4.69) is 26.2 Å². The Labute approximate surface area is 104 Å². The fraction of sp³-hybridized carbons (Fsp3) is 0.100. The van der Waals surface area contributed by atoms with E-state index < -0.39 is 11.8 Å². The molecule has 0 aliphatic rings. The van der Waals surface area contributed by atoms with Crippen LogP contribution in [0.25, 0.3) is 5.69 Å². The molecule has 1 aromatic heterocycles. The molecule has 0 saturated heterocycles. The smallest absolute Gasteiger partial charge is 0.358 e. The number of carbonyl (C=O) groups is 1. The first-order chi connectivity index (χ1) is 8.00. The maximum absolute atomic E-state index is 13.1. The average molecular weight is 300 g/mol. The molecule has 88 valence electrons. The third-order valence-corrected chi connectivity index (χ3v) is 2.85. The lowest BCUT2D eigenvalue weighted by Gasteiger charge is -2.04. The van der Waals surface area contributed by atoms with E-state index in [1.807, 2.05) is 0 Å². The SMILES string of the molecule is Cc1c(C(=O)O)nnn1-c1ccc(F)c(Br)c1. The molecule has 2 aromatic rings. The molecule has 1 aromatic carbocycles. The van der Waals surface area contributed by atoms with Gasteiger partial charge in [-0.3, -0.25) is 0 Å². The second-order valence-electron chi connectivity index (χ2n) is 3.34. The van der Waals surface area contributed by atoms with Crippen LogP contribution in [-0.4, -0.2) is 26.1 Å². The lowest BCUT2D eigenvalue weighted by Crippen LogP contribution is -2.02. The molecule has 0 radical (unpaired) electrons. The number of hydrogen-bond acceptors (Lipinski definition) is 3. The van der Waals surface area contributed by atoms with Crippen molar-refractivity contribution in [2.24, 2.45) is 0 Å². The van der Waals surface area contributed by atoms with Crippen LogP contribution in [0.1, 0.15) is 16.2 Å². The molecule has 17 heavy (non-hydrogen) atoms. The first-order valence-corrected chi connectivity index (χ1v) is 5.41. The fourth-order valence-electron chi connectivity index (χ4n) is 1.39. The van der Waals surface area contributed by atoms with Gasteiger partial charge in [0, 0.05) is 0 Å². The molecule has 0 amide bonds. The average Bonchev–Trinajstić information content (AvgIpc) is 2.64. The molecule has 0 aliphatic carbocycles. The molecule has 7 heteroatoms. The van der Waals surface area contributed by atoms with Crippen molar-refractivity contribution < 1.29 is 14.3 Å². The molecular formula is C10H7BrFN3O2. The van der Waals surface area contributed by atoms with E-state index in [4.69, 9.17) is 5.11 Å². The van der Waals surface area contributed by atoms with Crippen LogP contribution in [0.5, 0.6) is 0 Å². The summed E-state index contributed by atoms with van der Waals surface area (Å²) < 4.78 is 14.7. The molecule has 0 fully saturated rings. The summed E-state index contributed by atoms with van der Waals surface area (Å²) in [4.78, 5) is 10.8. The lowest BCUT2D eigenvalue weighted by atomic mass is 10.3. The highest BCUT2D eigenvalue weighted by Crippen LogP contribution is 2.20. The Morgan fingerprint density at radius 1 is 1.53 bits per heavy atom. The van der Waals surface area contributed by atoms with Gasteiger partial charge in [-0.05, 0) is 41.1 Å². The van der Waals surface area contributed by atoms with Crippen LogP contribution in [-0.2, 0) is 0 Å². The van der Waals surface area contributed by atoms with Crippen LogP contribution in [0.2, 0.25) is 0 Å². The molecule has 0 unspecified atom stereocenters.